The van der Waals surface area contributed by atoms with Crippen LogP contribution in [-0.4, -0.2) is 27.6 Å². The lowest BCUT2D eigenvalue weighted by molar-refractivity contribution is 0.130. The highest BCUT2D eigenvalue weighted by Gasteiger charge is 2.43. The molecule has 0 aromatic carbocycles. The summed E-state index contributed by atoms with van der Waals surface area (Å²) in [5.74, 6) is 0.360. The zero-order valence-electron chi connectivity index (χ0n) is 14.2. The van der Waals surface area contributed by atoms with E-state index >= 15 is 0 Å². The Labute approximate surface area is 142 Å². The molecule has 2 rings (SSSR count). The summed E-state index contributed by atoms with van der Waals surface area (Å²) >= 11 is 5.63. The highest BCUT2D eigenvalue weighted by Crippen LogP contribution is 2.44. The molecule has 1 aromatic heterocycles. The minimum absolute atomic E-state index is 0.190. The van der Waals surface area contributed by atoms with Crippen LogP contribution < -0.4 is 0 Å². The van der Waals surface area contributed by atoms with Crippen LogP contribution in [0.2, 0.25) is 18.1 Å². The molecule has 0 bridgehead atoms. The van der Waals surface area contributed by atoms with Crippen molar-refractivity contribution in [3.05, 3.63) is 19.8 Å². The van der Waals surface area contributed by atoms with Crippen LogP contribution in [0.3, 0.4) is 0 Å². The molecule has 1 saturated heterocycles. The van der Waals surface area contributed by atoms with Crippen LogP contribution in [0.15, 0.2) is 4.47 Å². The molecule has 0 unspecified atom stereocenters. The standard InChI is InChI=1S/C16H27BrO2SSi/c1-10-14(15(17)11(2)20-10)12-8-18-9-13(12)19-21(6,7)16(3,4)5/h12-13H,8-9H2,1-7H3/t12-,13-/m0/s1. The maximum absolute atomic E-state index is 6.65. The molecule has 1 aliphatic heterocycles. The van der Waals surface area contributed by atoms with Gasteiger partial charge in [-0.2, -0.15) is 0 Å². The van der Waals surface area contributed by atoms with Gasteiger partial charge in [-0.05, 0) is 53.5 Å². The van der Waals surface area contributed by atoms with Crippen molar-refractivity contribution in [1.82, 2.24) is 0 Å². The Bertz CT molecular complexity index is 519. The van der Waals surface area contributed by atoms with Crippen molar-refractivity contribution in [2.75, 3.05) is 13.2 Å². The number of halogens is 1. The van der Waals surface area contributed by atoms with Gasteiger partial charge in [0.25, 0.3) is 0 Å². The Morgan fingerprint density at radius 3 is 2.29 bits per heavy atom. The van der Waals surface area contributed by atoms with Crippen molar-refractivity contribution >= 4 is 35.6 Å². The molecule has 0 amide bonds. The van der Waals surface area contributed by atoms with Gasteiger partial charge in [0.15, 0.2) is 8.32 Å². The van der Waals surface area contributed by atoms with Gasteiger partial charge in [0, 0.05) is 20.1 Å². The average Bonchev–Trinajstić information content (AvgIpc) is 2.83. The summed E-state index contributed by atoms with van der Waals surface area (Å²) in [6.45, 7) is 17.4. The summed E-state index contributed by atoms with van der Waals surface area (Å²) in [6.07, 6.45) is 0.190. The minimum atomic E-state index is -1.76. The topological polar surface area (TPSA) is 18.5 Å². The molecule has 0 aliphatic carbocycles. The van der Waals surface area contributed by atoms with E-state index in [1.165, 1.54) is 19.8 Å². The lowest BCUT2D eigenvalue weighted by atomic mass is 9.97. The lowest BCUT2D eigenvalue weighted by Gasteiger charge is -2.39. The number of thiophene rings is 1. The second-order valence-electron chi connectivity index (χ2n) is 7.50. The van der Waals surface area contributed by atoms with Crippen LogP contribution in [0.4, 0.5) is 0 Å². The Hall–Kier alpha value is 0.317. The molecule has 1 aliphatic rings. The summed E-state index contributed by atoms with van der Waals surface area (Å²) in [5, 5.41) is 0.233. The fourth-order valence-electron chi connectivity index (χ4n) is 2.57. The third kappa shape index (κ3) is 3.47. The van der Waals surface area contributed by atoms with E-state index in [4.69, 9.17) is 9.16 Å². The minimum Gasteiger partial charge on any atom is -0.411 e. The molecule has 120 valence electrons. The SMILES string of the molecule is Cc1sc(C)c([C@H]2COC[C@@H]2O[Si](C)(C)C(C)(C)C)c1Br. The van der Waals surface area contributed by atoms with Gasteiger partial charge < -0.3 is 9.16 Å². The van der Waals surface area contributed by atoms with E-state index in [0.29, 0.717) is 5.92 Å². The second kappa shape index (κ2) is 6.08. The van der Waals surface area contributed by atoms with Gasteiger partial charge in [-0.3, -0.25) is 0 Å². The Balaban J connectivity index is 2.26. The molecule has 0 radical (unpaired) electrons. The van der Waals surface area contributed by atoms with Crippen LogP contribution in [0.1, 0.15) is 42.0 Å². The van der Waals surface area contributed by atoms with Crippen LogP contribution >= 0.6 is 27.3 Å². The first-order valence-corrected chi connectivity index (χ1v) is 12.1. The highest BCUT2D eigenvalue weighted by atomic mass is 79.9. The summed E-state index contributed by atoms with van der Waals surface area (Å²) in [7, 11) is -1.76. The summed E-state index contributed by atoms with van der Waals surface area (Å²) in [5.41, 5.74) is 1.40. The highest BCUT2D eigenvalue weighted by molar-refractivity contribution is 9.10. The van der Waals surface area contributed by atoms with Crippen LogP contribution in [0, 0.1) is 13.8 Å². The van der Waals surface area contributed by atoms with Gasteiger partial charge in [0.05, 0.1) is 19.3 Å². The zero-order chi connectivity index (χ0) is 16.0. The largest absolute Gasteiger partial charge is 0.411 e. The molecule has 0 N–H and O–H groups in total. The van der Waals surface area contributed by atoms with Gasteiger partial charge in [-0.25, -0.2) is 0 Å². The summed E-state index contributed by atoms with van der Waals surface area (Å²) in [4.78, 5) is 2.74. The number of rotatable bonds is 3. The van der Waals surface area contributed by atoms with Crippen molar-refractivity contribution in [3.63, 3.8) is 0 Å². The predicted octanol–water partition coefficient (Wildman–Crippen LogP) is 5.63. The summed E-state index contributed by atoms with van der Waals surface area (Å²) < 4.78 is 13.7. The van der Waals surface area contributed by atoms with Gasteiger partial charge >= 0.3 is 0 Å². The molecular formula is C16H27BrO2SSi. The van der Waals surface area contributed by atoms with Gasteiger partial charge in [-0.1, -0.05) is 20.8 Å². The average molecular weight is 391 g/mol. The Kier molecular flexibility index (Phi) is 5.11. The van der Waals surface area contributed by atoms with Crippen molar-refractivity contribution in [2.24, 2.45) is 0 Å². The molecule has 2 atom stereocenters. The summed E-state index contributed by atoms with van der Waals surface area (Å²) in [6, 6.07) is 0. The van der Waals surface area contributed by atoms with Crippen molar-refractivity contribution < 1.29 is 9.16 Å². The quantitative estimate of drug-likeness (QED) is 0.622. The molecule has 0 saturated carbocycles. The molecule has 1 aromatic rings. The van der Waals surface area contributed by atoms with Gasteiger partial charge in [-0.15, -0.1) is 11.3 Å². The third-order valence-electron chi connectivity index (χ3n) is 4.88. The normalized spacial score (nSPS) is 23.8. The van der Waals surface area contributed by atoms with Crippen LogP contribution in [0.25, 0.3) is 0 Å². The van der Waals surface area contributed by atoms with E-state index in [9.17, 15) is 0 Å². The van der Waals surface area contributed by atoms with E-state index in [2.05, 4.69) is 63.6 Å². The Morgan fingerprint density at radius 1 is 1.19 bits per heavy atom. The second-order valence-corrected chi connectivity index (χ2v) is 14.5. The smallest absolute Gasteiger partial charge is 0.192 e. The number of hydrogen-bond donors (Lipinski definition) is 0. The van der Waals surface area contributed by atoms with Crippen molar-refractivity contribution in [3.8, 4) is 0 Å². The van der Waals surface area contributed by atoms with E-state index in [0.717, 1.165) is 13.2 Å². The molecule has 2 nitrogen and oxygen atoms in total. The van der Waals surface area contributed by atoms with Crippen LogP contribution in [0.5, 0.6) is 0 Å². The number of hydrogen-bond acceptors (Lipinski definition) is 3. The molecule has 21 heavy (non-hydrogen) atoms. The van der Waals surface area contributed by atoms with E-state index in [-0.39, 0.29) is 11.1 Å². The molecule has 5 heteroatoms. The Morgan fingerprint density at radius 2 is 1.81 bits per heavy atom. The zero-order valence-corrected chi connectivity index (χ0v) is 17.6. The van der Waals surface area contributed by atoms with E-state index in [1.807, 2.05) is 11.3 Å². The maximum Gasteiger partial charge on any atom is 0.192 e. The maximum atomic E-state index is 6.65. The van der Waals surface area contributed by atoms with Crippen molar-refractivity contribution in [1.29, 1.82) is 0 Å². The van der Waals surface area contributed by atoms with Crippen molar-refractivity contribution in [2.45, 2.75) is 64.8 Å². The molecule has 2 heterocycles. The molecule has 1 fully saturated rings. The third-order valence-corrected chi connectivity index (χ3v) is 11.7. The monoisotopic (exact) mass is 390 g/mol. The molecular weight excluding hydrogens is 364 g/mol. The van der Waals surface area contributed by atoms with E-state index in [1.54, 1.807) is 0 Å². The molecule has 0 spiro atoms. The first-order chi connectivity index (χ1) is 9.54. The number of aryl methyl sites for hydroxylation is 2. The van der Waals surface area contributed by atoms with Gasteiger partial charge in [0.1, 0.15) is 0 Å². The lowest BCUT2D eigenvalue weighted by Crippen LogP contribution is -2.45. The van der Waals surface area contributed by atoms with Gasteiger partial charge in [0.2, 0.25) is 0 Å². The fourth-order valence-corrected chi connectivity index (χ4v) is 5.90. The predicted molar refractivity (Wildman–Crippen MR) is 97.1 cm³/mol. The fraction of sp³-hybridized carbons (Fsp3) is 0.750. The first kappa shape index (κ1) is 17.7. The number of ether oxygens (including phenoxy) is 1. The van der Waals surface area contributed by atoms with Crippen LogP contribution in [-0.2, 0) is 9.16 Å². The first-order valence-electron chi connectivity index (χ1n) is 7.55. The van der Waals surface area contributed by atoms with E-state index < -0.39 is 8.32 Å².